The number of hydrogen-bond acceptors (Lipinski definition) is 1. The Hall–Kier alpha value is -1.02. The van der Waals surface area contributed by atoms with Gasteiger partial charge in [-0.05, 0) is 56.9 Å². The predicted octanol–water partition coefficient (Wildman–Crippen LogP) is 3.25. The smallest absolute Gasteiger partial charge is 0.119 e. The molecule has 2 heteroatoms. The van der Waals surface area contributed by atoms with Crippen LogP contribution in [0.4, 0.5) is 0 Å². The van der Waals surface area contributed by atoms with Crippen LogP contribution in [0.2, 0.25) is 0 Å². The van der Waals surface area contributed by atoms with E-state index in [1.807, 2.05) is 0 Å². The molecule has 0 radical (unpaired) electrons. The van der Waals surface area contributed by atoms with E-state index in [-0.39, 0.29) is 0 Å². The number of rotatable bonds is 6. The monoisotopic (exact) mass is 264 g/mol. The van der Waals surface area contributed by atoms with Gasteiger partial charge in [-0.3, -0.25) is 0 Å². The van der Waals surface area contributed by atoms with Gasteiger partial charge in [-0.25, -0.2) is 0 Å². The van der Waals surface area contributed by atoms with Gasteiger partial charge in [-0.15, -0.1) is 0 Å². The number of quaternary nitrogens is 1. The number of ether oxygens (including phenoxy) is 1. The Balaban J connectivity index is 2.36. The summed E-state index contributed by atoms with van der Waals surface area (Å²) < 4.78 is 5.82. The van der Waals surface area contributed by atoms with E-state index < -0.39 is 0 Å². The molecule has 0 unspecified atom stereocenters. The average Bonchev–Trinajstić information content (AvgIpc) is 2.26. The Morgan fingerprint density at radius 3 is 2.42 bits per heavy atom. The van der Waals surface area contributed by atoms with E-state index in [1.54, 1.807) is 0 Å². The zero-order chi connectivity index (χ0) is 14.5. The fraction of sp³-hybridized carbons (Fsp3) is 0.647. The maximum atomic E-state index is 5.82. The third-order valence-electron chi connectivity index (χ3n) is 3.24. The highest BCUT2D eigenvalue weighted by Gasteiger charge is 2.11. The third kappa shape index (κ3) is 6.11. The maximum Gasteiger partial charge on any atom is 0.119 e. The van der Waals surface area contributed by atoms with E-state index in [9.17, 15) is 0 Å². The summed E-state index contributed by atoms with van der Waals surface area (Å²) in [6.45, 7) is 15.2. The van der Waals surface area contributed by atoms with Gasteiger partial charge in [0.1, 0.15) is 5.75 Å². The summed E-state index contributed by atoms with van der Waals surface area (Å²) in [6, 6.07) is 6.44. The summed E-state index contributed by atoms with van der Waals surface area (Å²) >= 11 is 0. The van der Waals surface area contributed by atoms with Crippen LogP contribution in [0.25, 0.3) is 0 Å². The molecule has 1 aromatic rings. The highest BCUT2D eigenvalue weighted by Crippen LogP contribution is 2.23. The van der Waals surface area contributed by atoms with Crippen molar-refractivity contribution in [3.63, 3.8) is 0 Å². The Labute approximate surface area is 118 Å². The second kappa shape index (κ2) is 6.95. The summed E-state index contributed by atoms with van der Waals surface area (Å²) in [6.07, 6.45) is 1.09. The first kappa shape index (κ1) is 16.0. The van der Waals surface area contributed by atoms with Crippen molar-refractivity contribution < 1.29 is 10.1 Å². The summed E-state index contributed by atoms with van der Waals surface area (Å²) in [5.74, 6) is 1.58. The maximum absolute atomic E-state index is 5.82. The lowest BCUT2D eigenvalue weighted by Gasteiger charge is -2.17. The molecule has 108 valence electrons. The molecule has 2 N–H and O–H groups in total. The van der Waals surface area contributed by atoms with Crippen molar-refractivity contribution in [2.75, 3.05) is 13.2 Å². The minimum absolute atomic E-state index is 0.315. The molecule has 0 atom stereocenters. The molecule has 0 aliphatic heterocycles. The van der Waals surface area contributed by atoms with Gasteiger partial charge in [0.25, 0.3) is 0 Å². The van der Waals surface area contributed by atoms with E-state index in [4.69, 9.17) is 4.74 Å². The van der Waals surface area contributed by atoms with Crippen LogP contribution in [0, 0.1) is 6.92 Å². The SMILES string of the molecule is Cc1cc(OCCC[NH2+]C(C)(C)C)ccc1C(C)C. The van der Waals surface area contributed by atoms with Crippen molar-refractivity contribution in [2.45, 2.75) is 59.4 Å². The van der Waals surface area contributed by atoms with Crippen molar-refractivity contribution in [3.8, 4) is 5.75 Å². The second-order valence-corrected chi connectivity index (χ2v) is 6.73. The summed E-state index contributed by atoms with van der Waals surface area (Å²) in [5, 5.41) is 2.36. The van der Waals surface area contributed by atoms with Gasteiger partial charge in [-0.2, -0.15) is 0 Å². The lowest BCUT2D eigenvalue weighted by atomic mass is 9.98. The molecular formula is C17H30NO+. The molecule has 19 heavy (non-hydrogen) atoms. The van der Waals surface area contributed by atoms with Gasteiger partial charge in [0.05, 0.1) is 18.7 Å². The molecule has 0 saturated heterocycles. The summed E-state index contributed by atoms with van der Waals surface area (Å²) in [5.41, 5.74) is 3.05. The molecule has 0 heterocycles. The Bertz CT molecular complexity index is 391. The molecule has 0 saturated carbocycles. The van der Waals surface area contributed by atoms with Gasteiger partial charge >= 0.3 is 0 Å². The highest BCUT2D eigenvalue weighted by atomic mass is 16.5. The van der Waals surface area contributed by atoms with Crippen LogP contribution in [0.5, 0.6) is 5.75 Å². The van der Waals surface area contributed by atoms with Gasteiger partial charge < -0.3 is 10.1 Å². The Kier molecular flexibility index (Phi) is 5.86. The van der Waals surface area contributed by atoms with Crippen molar-refractivity contribution in [2.24, 2.45) is 0 Å². The molecule has 0 amide bonds. The molecule has 0 aliphatic carbocycles. The molecule has 0 aliphatic rings. The molecule has 1 aromatic carbocycles. The van der Waals surface area contributed by atoms with E-state index in [0.29, 0.717) is 11.5 Å². The van der Waals surface area contributed by atoms with Crippen LogP contribution >= 0.6 is 0 Å². The fourth-order valence-electron chi connectivity index (χ4n) is 2.19. The normalized spacial score (nSPS) is 11.9. The van der Waals surface area contributed by atoms with E-state index in [0.717, 1.165) is 25.3 Å². The largest absolute Gasteiger partial charge is 0.493 e. The Morgan fingerprint density at radius 1 is 1.21 bits per heavy atom. The lowest BCUT2D eigenvalue weighted by molar-refractivity contribution is -0.717. The molecule has 1 rings (SSSR count). The first-order chi connectivity index (χ1) is 8.79. The van der Waals surface area contributed by atoms with Gasteiger partial charge in [-0.1, -0.05) is 19.9 Å². The lowest BCUT2D eigenvalue weighted by Crippen LogP contribution is -2.94. The van der Waals surface area contributed by atoms with E-state index >= 15 is 0 Å². The second-order valence-electron chi connectivity index (χ2n) is 6.73. The first-order valence-electron chi connectivity index (χ1n) is 7.37. The zero-order valence-corrected chi connectivity index (χ0v) is 13.4. The minimum atomic E-state index is 0.315. The zero-order valence-electron chi connectivity index (χ0n) is 13.4. The van der Waals surface area contributed by atoms with E-state index in [2.05, 4.69) is 65.1 Å². The number of aryl methyl sites for hydroxylation is 1. The molecular weight excluding hydrogens is 234 g/mol. The molecule has 0 bridgehead atoms. The highest BCUT2D eigenvalue weighted by molar-refractivity contribution is 5.36. The van der Waals surface area contributed by atoms with Crippen molar-refractivity contribution in [1.82, 2.24) is 0 Å². The van der Waals surface area contributed by atoms with Crippen LogP contribution in [-0.4, -0.2) is 18.7 Å². The molecule has 0 aromatic heterocycles. The minimum Gasteiger partial charge on any atom is -0.493 e. The molecule has 2 nitrogen and oxygen atoms in total. The number of nitrogens with two attached hydrogens (primary N) is 1. The van der Waals surface area contributed by atoms with Crippen LogP contribution in [-0.2, 0) is 0 Å². The van der Waals surface area contributed by atoms with Crippen LogP contribution in [0.1, 0.15) is 58.1 Å². The predicted molar refractivity (Wildman–Crippen MR) is 81.9 cm³/mol. The van der Waals surface area contributed by atoms with Gasteiger partial charge in [0.2, 0.25) is 0 Å². The third-order valence-corrected chi connectivity index (χ3v) is 3.24. The quantitative estimate of drug-likeness (QED) is 0.784. The fourth-order valence-corrected chi connectivity index (χ4v) is 2.19. The van der Waals surface area contributed by atoms with E-state index in [1.165, 1.54) is 11.1 Å². The van der Waals surface area contributed by atoms with Crippen molar-refractivity contribution >= 4 is 0 Å². The van der Waals surface area contributed by atoms with Crippen LogP contribution < -0.4 is 10.1 Å². The standard InChI is InChI=1S/C17H29NO/c1-13(2)16-9-8-15(12-14(16)3)19-11-7-10-18-17(4,5)6/h8-9,12-13,18H,7,10-11H2,1-6H3/p+1. The van der Waals surface area contributed by atoms with Crippen molar-refractivity contribution in [3.05, 3.63) is 29.3 Å². The molecule has 0 spiro atoms. The number of hydrogen-bond donors (Lipinski definition) is 1. The Morgan fingerprint density at radius 2 is 1.89 bits per heavy atom. The van der Waals surface area contributed by atoms with Crippen LogP contribution in [0.15, 0.2) is 18.2 Å². The topological polar surface area (TPSA) is 25.8 Å². The summed E-state index contributed by atoms with van der Waals surface area (Å²) in [4.78, 5) is 0. The van der Waals surface area contributed by atoms with Gasteiger partial charge in [0, 0.05) is 6.42 Å². The average molecular weight is 264 g/mol. The van der Waals surface area contributed by atoms with Crippen LogP contribution in [0.3, 0.4) is 0 Å². The summed E-state index contributed by atoms with van der Waals surface area (Å²) in [7, 11) is 0. The molecule has 0 fully saturated rings. The van der Waals surface area contributed by atoms with Crippen molar-refractivity contribution in [1.29, 1.82) is 0 Å². The first-order valence-corrected chi connectivity index (χ1v) is 7.37. The van der Waals surface area contributed by atoms with Gasteiger partial charge in [0.15, 0.2) is 0 Å². The number of benzene rings is 1.